The first-order valence-corrected chi connectivity index (χ1v) is 13.0. The summed E-state index contributed by atoms with van der Waals surface area (Å²) >= 11 is 6.23. The lowest BCUT2D eigenvalue weighted by Crippen LogP contribution is -2.38. The number of likely N-dealkylation sites (tertiary alicyclic amines) is 2. The van der Waals surface area contributed by atoms with E-state index in [9.17, 15) is 0 Å². The van der Waals surface area contributed by atoms with E-state index in [1.54, 1.807) is 0 Å². The number of hydrogen-bond acceptors (Lipinski definition) is 5. The molecule has 1 aromatic heterocycles. The van der Waals surface area contributed by atoms with Crippen LogP contribution in [0.4, 0.5) is 5.82 Å². The fraction of sp³-hybridized carbons (Fsp3) is 0.464. The molecule has 0 spiro atoms. The third-order valence-corrected chi connectivity index (χ3v) is 7.42. The Bertz CT molecular complexity index is 1080. The molecule has 3 aromatic rings. The number of benzene rings is 2. The van der Waals surface area contributed by atoms with Crippen molar-refractivity contribution < 1.29 is 4.74 Å². The molecule has 2 saturated heterocycles. The van der Waals surface area contributed by atoms with Gasteiger partial charge in [0, 0.05) is 48.8 Å². The van der Waals surface area contributed by atoms with Crippen LogP contribution in [0.15, 0.2) is 54.7 Å². The van der Waals surface area contributed by atoms with Crippen molar-refractivity contribution in [3.8, 4) is 5.75 Å². The van der Waals surface area contributed by atoms with Crippen molar-refractivity contribution in [1.82, 2.24) is 14.8 Å². The largest absolute Gasteiger partial charge is 0.490 e. The first-order chi connectivity index (χ1) is 16.6. The highest BCUT2D eigenvalue weighted by atomic mass is 35.5. The molecule has 0 amide bonds. The first-order valence-electron chi connectivity index (χ1n) is 12.6. The molecule has 3 heterocycles. The number of halogens is 1. The van der Waals surface area contributed by atoms with Crippen LogP contribution in [0.2, 0.25) is 5.02 Å². The van der Waals surface area contributed by atoms with Gasteiger partial charge >= 0.3 is 0 Å². The van der Waals surface area contributed by atoms with Gasteiger partial charge in [-0.3, -0.25) is 4.90 Å². The van der Waals surface area contributed by atoms with Crippen LogP contribution in [-0.2, 0) is 6.54 Å². The summed E-state index contributed by atoms with van der Waals surface area (Å²) in [5.41, 5.74) is 1.35. The third kappa shape index (κ3) is 6.01. The fourth-order valence-corrected chi connectivity index (χ4v) is 5.31. The van der Waals surface area contributed by atoms with Crippen LogP contribution >= 0.6 is 11.6 Å². The van der Waals surface area contributed by atoms with Gasteiger partial charge in [-0.15, -0.1) is 0 Å². The van der Waals surface area contributed by atoms with Gasteiger partial charge in [-0.25, -0.2) is 4.98 Å². The Morgan fingerprint density at radius 2 is 1.79 bits per heavy atom. The van der Waals surface area contributed by atoms with E-state index < -0.39 is 0 Å². The Morgan fingerprint density at radius 3 is 2.62 bits per heavy atom. The molecule has 2 aliphatic heterocycles. The summed E-state index contributed by atoms with van der Waals surface area (Å²) in [5.74, 6) is 1.94. The number of nitrogens with one attached hydrogen (secondary N) is 1. The molecule has 6 heteroatoms. The molecule has 2 fully saturated rings. The number of aromatic nitrogens is 1. The Balaban J connectivity index is 1.11. The van der Waals surface area contributed by atoms with Gasteiger partial charge in [-0.1, -0.05) is 29.8 Å². The molecule has 0 aliphatic carbocycles. The maximum Gasteiger partial charge on any atom is 0.134 e. The number of fused-ring (bicyclic) bond motifs is 1. The van der Waals surface area contributed by atoms with Crippen molar-refractivity contribution in [2.75, 3.05) is 38.5 Å². The van der Waals surface area contributed by atoms with Gasteiger partial charge in [0.05, 0.1) is 6.10 Å². The second-order valence-electron chi connectivity index (χ2n) is 9.84. The number of nitrogens with zero attached hydrogens (tertiary/aromatic N) is 3. The predicted octanol–water partition coefficient (Wildman–Crippen LogP) is 5.83. The SMILES string of the molecule is CN1CCCC(Oc2ccc(CN3CCC(Nc4nccc5ccc(Cl)cc45)CC3)cc2)CC1. The summed E-state index contributed by atoms with van der Waals surface area (Å²) in [4.78, 5) is 9.54. The van der Waals surface area contributed by atoms with Gasteiger partial charge in [0.25, 0.3) is 0 Å². The predicted molar refractivity (Wildman–Crippen MR) is 141 cm³/mol. The Hall–Kier alpha value is -2.34. The van der Waals surface area contributed by atoms with Gasteiger partial charge in [-0.05, 0) is 87.0 Å². The zero-order chi connectivity index (χ0) is 23.3. The molecule has 5 nitrogen and oxygen atoms in total. The highest BCUT2D eigenvalue weighted by Crippen LogP contribution is 2.27. The van der Waals surface area contributed by atoms with Crippen molar-refractivity contribution in [3.63, 3.8) is 0 Å². The zero-order valence-corrected chi connectivity index (χ0v) is 20.8. The van der Waals surface area contributed by atoms with Crippen LogP contribution in [0.25, 0.3) is 10.8 Å². The molecule has 1 unspecified atom stereocenters. The monoisotopic (exact) mass is 478 g/mol. The van der Waals surface area contributed by atoms with Gasteiger partial charge < -0.3 is 15.0 Å². The van der Waals surface area contributed by atoms with Gasteiger partial charge in [-0.2, -0.15) is 0 Å². The van der Waals surface area contributed by atoms with Gasteiger partial charge in [0.2, 0.25) is 0 Å². The molecule has 5 rings (SSSR count). The molecular weight excluding hydrogens is 444 g/mol. The van der Waals surface area contributed by atoms with Crippen molar-refractivity contribution in [2.24, 2.45) is 0 Å². The molecule has 1 atom stereocenters. The highest BCUT2D eigenvalue weighted by molar-refractivity contribution is 6.31. The summed E-state index contributed by atoms with van der Waals surface area (Å²) in [5, 5.41) is 6.68. The second-order valence-corrected chi connectivity index (χ2v) is 10.3. The molecule has 0 bridgehead atoms. The summed E-state index contributed by atoms with van der Waals surface area (Å²) in [6.07, 6.45) is 7.91. The smallest absolute Gasteiger partial charge is 0.134 e. The third-order valence-electron chi connectivity index (χ3n) is 7.19. The molecule has 0 radical (unpaired) electrons. The molecular formula is C28H35ClN4O. The molecule has 0 saturated carbocycles. The molecule has 34 heavy (non-hydrogen) atoms. The van der Waals surface area contributed by atoms with E-state index in [4.69, 9.17) is 16.3 Å². The minimum Gasteiger partial charge on any atom is -0.490 e. The van der Waals surface area contributed by atoms with E-state index in [0.29, 0.717) is 12.1 Å². The van der Waals surface area contributed by atoms with Crippen molar-refractivity contribution in [3.05, 3.63) is 65.3 Å². The number of anilines is 1. The lowest BCUT2D eigenvalue weighted by molar-refractivity contribution is 0.183. The standard InChI is InChI=1S/C28H35ClN4O/c1-32-15-2-3-25(13-16-32)34-26-8-4-21(5-9-26)20-33-17-11-24(12-18-33)31-28-27-19-23(29)7-6-22(27)10-14-30-28/h4-10,14,19,24-25H,2-3,11-13,15-18,20H2,1H3,(H,30,31). The van der Waals surface area contributed by atoms with E-state index in [-0.39, 0.29) is 0 Å². The first kappa shape index (κ1) is 23.4. The quantitative estimate of drug-likeness (QED) is 0.482. The zero-order valence-electron chi connectivity index (χ0n) is 20.0. The van der Waals surface area contributed by atoms with Crippen molar-refractivity contribution >= 4 is 28.2 Å². The van der Waals surface area contributed by atoms with Crippen molar-refractivity contribution in [1.29, 1.82) is 0 Å². The van der Waals surface area contributed by atoms with E-state index in [1.165, 1.54) is 18.5 Å². The number of rotatable bonds is 6. The maximum atomic E-state index is 6.27. The average Bonchev–Trinajstić information content (AvgIpc) is 3.06. The molecule has 1 N–H and O–H groups in total. The van der Waals surface area contributed by atoms with E-state index in [0.717, 1.165) is 79.2 Å². The molecule has 180 valence electrons. The van der Waals surface area contributed by atoms with E-state index >= 15 is 0 Å². The topological polar surface area (TPSA) is 40.6 Å². The average molecular weight is 479 g/mol. The normalized spacial score (nSPS) is 20.8. The van der Waals surface area contributed by atoms with Crippen LogP contribution in [-0.4, -0.2) is 60.2 Å². The van der Waals surface area contributed by atoms with Gasteiger partial charge in [0.1, 0.15) is 11.6 Å². The summed E-state index contributed by atoms with van der Waals surface area (Å²) in [6.45, 7) is 5.45. The van der Waals surface area contributed by atoms with Crippen LogP contribution in [0.5, 0.6) is 5.75 Å². The van der Waals surface area contributed by atoms with Crippen LogP contribution in [0, 0.1) is 0 Å². The maximum absolute atomic E-state index is 6.27. The van der Waals surface area contributed by atoms with E-state index in [2.05, 4.69) is 57.5 Å². The fourth-order valence-electron chi connectivity index (χ4n) is 5.14. The Labute approximate surface area is 208 Å². The van der Waals surface area contributed by atoms with E-state index in [1.807, 2.05) is 24.4 Å². The summed E-state index contributed by atoms with van der Waals surface area (Å²) in [7, 11) is 2.20. The molecule has 2 aliphatic rings. The minimum absolute atomic E-state index is 0.342. The lowest BCUT2D eigenvalue weighted by Gasteiger charge is -2.32. The number of piperidine rings is 1. The number of ether oxygens (including phenoxy) is 1. The number of hydrogen-bond donors (Lipinski definition) is 1. The number of pyridine rings is 1. The van der Waals surface area contributed by atoms with Gasteiger partial charge in [0.15, 0.2) is 0 Å². The van der Waals surface area contributed by atoms with Crippen LogP contribution in [0.1, 0.15) is 37.7 Å². The Kier molecular flexibility index (Phi) is 7.53. The second kappa shape index (κ2) is 10.9. The minimum atomic E-state index is 0.342. The van der Waals surface area contributed by atoms with Crippen molar-refractivity contribution in [2.45, 2.75) is 50.8 Å². The summed E-state index contributed by atoms with van der Waals surface area (Å²) in [6, 6.07) is 17.2. The lowest BCUT2D eigenvalue weighted by atomic mass is 10.0. The van der Waals surface area contributed by atoms with Crippen LogP contribution in [0.3, 0.4) is 0 Å². The summed E-state index contributed by atoms with van der Waals surface area (Å²) < 4.78 is 6.27. The highest BCUT2D eigenvalue weighted by Gasteiger charge is 2.21. The van der Waals surface area contributed by atoms with Crippen LogP contribution < -0.4 is 10.1 Å². The molecule has 2 aromatic carbocycles. The Morgan fingerprint density at radius 1 is 0.971 bits per heavy atom.